The molecule has 0 saturated carbocycles. The molecule has 0 bridgehead atoms. The highest BCUT2D eigenvalue weighted by molar-refractivity contribution is 6.19. The monoisotopic (exact) mass is 189 g/mol. The molecule has 0 atom stereocenters. The van der Waals surface area contributed by atoms with Crippen molar-refractivity contribution in [2.45, 2.75) is 6.92 Å². The van der Waals surface area contributed by atoms with Gasteiger partial charge in [-0.25, -0.2) is 0 Å². The summed E-state index contributed by atoms with van der Waals surface area (Å²) < 4.78 is 0. The van der Waals surface area contributed by atoms with Gasteiger partial charge in [0.2, 0.25) is 0 Å². The first-order valence-electron chi connectivity index (χ1n) is 3.84. The van der Waals surface area contributed by atoms with Crippen molar-refractivity contribution < 1.29 is 0 Å². The maximum atomic E-state index is 8.74. The molecule has 0 unspecified atom stereocenters. The molecule has 0 radical (unpaired) electrons. The summed E-state index contributed by atoms with van der Waals surface area (Å²) in [5.74, 6) is 5.98. The molecule has 0 saturated heterocycles. The Morgan fingerprint density at radius 1 is 1.38 bits per heavy atom. The van der Waals surface area contributed by atoms with Crippen LogP contribution in [-0.4, -0.2) is 5.88 Å². The van der Waals surface area contributed by atoms with Gasteiger partial charge >= 0.3 is 0 Å². The standard InChI is InChI=1S/C11H8ClN/c1-9-10(6-3-7-12)4-2-5-11(9)8-13/h2,4-5H,7H2,1H3. The molecule has 64 valence electrons. The van der Waals surface area contributed by atoms with E-state index in [1.165, 1.54) is 0 Å². The van der Waals surface area contributed by atoms with Crippen molar-refractivity contribution in [1.29, 1.82) is 5.26 Å². The Bertz CT molecular complexity index is 404. The molecule has 13 heavy (non-hydrogen) atoms. The minimum atomic E-state index is 0.316. The van der Waals surface area contributed by atoms with Gasteiger partial charge in [0.1, 0.15) is 0 Å². The number of halogens is 1. The maximum absolute atomic E-state index is 8.74. The smallest absolute Gasteiger partial charge is 0.0994 e. The van der Waals surface area contributed by atoms with Crippen LogP contribution in [0, 0.1) is 30.1 Å². The first kappa shape index (κ1) is 9.65. The highest BCUT2D eigenvalue weighted by Crippen LogP contribution is 2.11. The highest BCUT2D eigenvalue weighted by atomic mass is 35.5. The average molecular weight is 190 g/mol. The minimum absolute atomic E-state index is 0.316. The van der Waals surface area contributed by atoms with Crippen molar-refractivity contribution >= 4 is 11.6 Å². The van der Waals surface area contributed by atoms with Gasteiger partial charge in [0.25, 0.3) is 0 Å². The Balaban J connectivity index is 3.18. The molecule has 0 N–H and O–H groups in total. The normalized spacial score (nSPS) is 8.38. The van der Waals surface area contributed by atoms with Crippen LogP contribution in [0.2, 0.25) is 0 Å². The van der Waals surface area contributed by atoms with Gasteiger partial charge < -0.3 is 0 Å². The van der Waals surface area contributed by atoms with E-state index < -0.39 is 0 Å². The van der Waals surface area contributed by atoms with Gasteiger partial charge in [0, 0.05) is 5.56 Å². The van der Waals surface area contributed by atoms with Crippen LogP contribution in [0.25, 0.3) is 0 Å². The number of benzene rings is 1. The summed E-state index contributed by atoms with van der Waals surface area (Å²) in [5, 5.41) is 8.74. The van der Waals surface area contributed by atoms with E-state index in [2.05, 4.69) is 17.9 Å². The Morgan fingerprint density at radius 3 is 2.69 bits per heavy atom. The van der Waals surface area contributed by atoms with Crippen LogP contribution in [0.3, 0.4) is 0 Å². The second-order valence-corrected chi connectivity index (χ2v) is 2.79. The van der Waals surface area contributed by atoms with Crippen LogP contribution in [0.5, 0.6) is 0 Å². The van der Waals surface area contributed by atoms with E-state index in [1.807, 2.05) is 19.1 Å². The van der Waals surface area contributed by atoms with Crippen molar-refractivity contribution in [3.8, 4) is 17.9 Å². The van der Waals surface area contributed by atoms with Gasteiger partial charge in [-0.15, -0.1) is 11.6 Å². The lowest BCUT2D eigenvalue weighted by Gasteiger charge is -1.98. The summed E-state index contributed by atoms with van der Waals surface area (Å²) >= 11 is 5.44. The fourth-order valence-corrected chi connectivity index (χ4v) is 1.09. The summed E-state index contributed by atoms with van der Waals surface area (Å²) in [6.07, 6.45) is 0. The van der Waals surface area contributed by atoms with E-state index >= 15 is 0 Å². The molecule has 2 heteroatoms. The summed E-state index contributed by atoms with van der Waals surface area (Å²) in [7, 11) is 0. The van der Waals surface area contributed by atoms with E-state index in [0.29, 0.717) is 11.4 Å². The van der Waals surface area contributed by atoms with E-state index in [9.17, 15) is 0 Å². The number of alkyl halides is 1. The van der Waals surface area contributed by atoms with Gasteiger partial charge in [-0.1, -0.05) is 17.9 Å². The first-order valence-corrected chi connectivity index (χ1v) is 4.37. The summed E-state index contributed by atoms with van der Waals surface area (Å²) in [6.45, 7) is 1.89. The lowest BCUT2D eigenvalue weighted by molar-refractivity contribution is 1.37. The van der Waals surface area contributed by atoms with Crippen molar-refractivity contribution in [2.75, 3.05) is 5.88 Å². The predicted molar refractivity (Wildman–Crippen MR) is 53.5 cm³/mol. The fourth-order valence-electron chi connectivity index (χ4n) is 1.02. The molecule has 0 aliphatic rings. The van der Waals surface area contributed by atoms with Gasteiger partial charge in [0.15, 0.2) is 0 Å². The Hall–Kier alpha value is -1.44. The third kappa shape index (κ3) is 2.25. The van der Waals surface area contributed by atoms with Gasteiger partial charge in [-0.05, 0) is 24.6 Å². The Labute approximate surface area is 83.0 Å². The molecule has 1 aromatic rings. The summed E-state index contributed by atoms with van der Waals surface area (Å²) in [4.78, 5) is 0. The zero-order chi connectivity index (χ0) is 9.68. The SMILES string of the molecule is Cc1c(C#N)cccc1C#CCCl. The number of nitrogens with zero attached hydrogens (tertiary/aromatic N) is 1. The lowest BCUT2D eigenvalue weighted by atomic mass is 10.0. The molecule has 0 heterocycles. The number of hydrogen-bond donors (Lipinski definition) is 0. The minimum Gasteiger partial charge on any atom is -0.192 e. The van der Waals surface area contributed by atoms with Gasteiger partial charge in [-0.3, -0.25) is 0 Å². The second-order valence-electron chi connectivity index (χ2n) is 2.53. The van der Waals surface area contributed by atoms with Crippen LogP contribution in [-0.2, 0) is 0 Å². The van der Waals surface area contributed by atoms with Crippen LogP contribution in [0.1, 0.15) is 16.7 Å². The van der Waals surface area contributed by atoms with Crippen molar-refractivity contribution in [3.63, 3.8) is 0 Å². The molecule has 0 amide bonds. The third-order valence-electron chi connectivity index (χ3n) is 1.74. The van der Waals surface area contributed by atoms with Crippen LogP contribution in [0.15, 0.2) is 18.2 Å². The predicted octanol–water partition coefficient (Wildman–Crippen LogP) is 2.46. The van der Waals surface area contributed by atoms with E-state index in [4.69, 9.17) is 16.9 Å². The number of nitriles is 1. The van der Waals surface area contributed by atoms with E-state index in [1.54, 1.807) is 6.07 Å². The molecule has 0 aliphatic carbocycles. The molecule has 1 aromatic carbocycles. The average Bonchev–Trinajstić information content (AvgIpc) is 2.16. The maximum Gasteiger partial charge on any atom is 0.0994 e. The molecular weight excluding hydrogens is 182 g/mol. The topological polar surface area (TPSA) is 23.8 Å². The van der Waals surface area contributed by atoms with Crippen molar-refractivity contribution in [1.82, 2.24) is 0 Å². The molecular formula is C11H8ClN. The molecule has 0 aromatic heterocycles. The van der Waals surface area contributed by atoms with Gasteiger partial charge in [0.05, 0.1) is 17.5 Å². The molecule has 0 aliphatic heterocycles. The van der Waals surface area contributed by atoms with Crippen molar-refractivity contribution in [2.24, 2.45) is 0 Å². The van der Waals surface area contributed by atoms with Crippen molar-refractivity contribution in [3.05, 3.63) is 34.9 Å². The Kier molecular flexibility index (Phi) is 3.38. The molecule has 1 rings (SSSR count). The second kappa shape index (κ2) is 4.55. The van der Waals surface area contributed by atoms with E-state index in [-0.39, 0.29) is 0 Å². The van der Waals surface area contributed by atoms with E-state index in [0.717, 1.165) is 11.1 Å². The summed E-state index contributed by atoms with van der Waals surface area (Å²) in [5.41, 5.74) is 2.46. The largest absolute Gasteiger partial charge is 0.192 e. The highest BCUT2D eigenvalue weighted by Gasteiger charge is 1.99. The molecule has 0 fully saturated rings. The quantitative estimate of drug-likeness (QED) is 0.454. The number of hydrogen-bond acceptors (Lipinski definition) is 1. The molecule has 1 nitrogen and oxygen atoms in total. The van der Waals surface area contributed by atoms with Crippen LogP contribution >= 0.6 is 11.6 Å². The fraction of sp³-hybridized carbons (Fsp3) is 0.182. The first-order chi connectivity index (χ1) is 6.29. The lowest BCUT2D eigenvalue weighted by Crippen LogP contribution is -1.86. The molecule has 0 spiro atoms. The zero-order valence-electron chi connectivity index (χ0n) is 7.26. The summed E-state index contributed by atoms with van der Waals surface area (Å²) in [6, 6.07) is 7.60. The Morgan fingerprint density at radius 2 is 2.08 bits per heavy atom. The van der Waals surface area contributed by atoms with Crippen LogP contribution < -0.4 is 0 Å². The number of rotatable bonds is 0. The van der Waals surface area contributed by atoms with Crippen LogP contribution in [0.4, 0.5) is 0 Å². The third-order valence-corrected chi connectivity index (χ3v) is 1.88. The van der Waals surface area contributed by atoms with Gasteiger partial charge in [-0.2, -0.15) is 5.26 Å². The zero-order valence-corrected chi connectivity index (χ0v) is 8.02.